The van der Waals surface area contributed by atoms with Gasteiger partial charge in [-0.1, -0.05) is 12.1 Å². The number of hydrogen-bond acceptors (Lipinski definition) is 7. The van der Waals surface area contributed by atoms with Crippen molar-refractivity contribution in [3.63, 3.8) is 0 Å². The topological polar surface area (TPSA) is 76.3 Å². The van der Waals surface area contributed by atoms with Crippen molar-refractivity contribution in [1.82, 2.24) is 0 Å². The quantitative estimate of drug-likeness (QED) is 0.139. The van der Waals surface area contributed by atoms with Crippen LogP contribution in [0.4, 0.5) is 0 Å². The molecule has 8 nitrogen and oxygen atoms in total. The Hall–Kier alpha value is -4.46. The van der Waals surface area contributed by atoms with Gasteiger partial charge in [-0.25, -0.2) is 0 Å². The lowest BCUT2D eigenvalue weighted by Crippen LogP contribution is -2.40. The minimum absolute atomic E-state index is 0.234. The second-order valence-electron chi connectivity index (χ2n) is 10.1. The number of hydrogen-bond donors (Lipinski definition) is 0. The van der Waals surface area contributed by atoms with E-state index in [1.165, 1.54) is 11.1 Å². The first-order valence-electron chi connectivity index (χ1n) is 14.1. The molecular formula is C33H34NO7+. The Morgan fingerprint density at radius 1 is 0.976 bits per heavy atom. The summed E-state index contributed by atoms with van der Waals surface area (Å²) in [5.41, 5.74) is 4.47. The second kappa shape index (κ2) is 12.0. The molecule has 2 aliphatic heterocycles. The number of unbranched alkanes of at least 4 members (excludes halogenated alkanes) is 1. The standard InChI is InChI=1S/C33H34NO7/c1-3-37-32(35)16-22-7-6-8-25(15-22)38-13-4-5-14-39-33-27-20-34-12-11-24-18-30-31(41-21-40-30)19-26(24)28(34)17-23(27)9-10-29(33)36-2/h6-10,15,17-20H,3-5,11-14,16,21H2,1-2H3/q+1. The van der Waals surface area contributed by atoms with Gasteiger partial charge in [-0.3, -0.25) is 4.79 Å². The molecule has 0 spiro atoms. The zero-order valence-corrected chi connectivity index (χ0v) is 23.4. The molecule has 4 aromatic rings. The summed E-state index contributed by atoms with van der Waals surface area (Å²) in [7, 11) is 1.67. The lowest BCUT2D eigenvalue weighted by Gasteiger charge is -2.18. The average molecular weight is 557 g/mol. The van der Waals surface area contributed by atoms with Crippen molar-refractivity contribution in [2.24, 2.45) is 0 Å². The normalized spacial score (nSPS) is 12.9. The van der Waals surface area contributed by atoms with Gasteiger partial charge < -0.3 is 28.4 Å². The van der Waals surface area contributed by atoms with Gasteiger partial charge in [-0.2, -0.15) is 4.57 Å². The number of aryl methyl sites for hydroxylation is 2. The van der Waals surface area contributed by atoms with E-state index in [0.29, 0.717) is 25.6 Å². The van der Waals surface area contributed by atoms with Gasteiger partial charge in [-0.05, 0) is 72.7 Å². The zero-order valence-electron chi connectivity index (χ0n) is 23.4. The fourth-order valence-electron chi connectivity index (χ4n) is 5.40. The van der Waals surface area contributed by atoms with Crippen molar-refractivity contribution in [3.05, 3.63) is 71.9 Å². The van der Waals surface area contributed by atoms with Gasteiger partial charge in [0, 0.05) is 12.5 Å². The van der Waals surface area contributed by atoms with Crippen LogP contribution in [-0.4, -0.2) is 39.7 Å². The minimum atomic E-state index is -0.234. The van der Waals surface area contributed by atoms with Crippen LogP contribution < -0.4 is 28.3 Å². The smallest absolute Gasteiger partial charge is 0.310 e. The van der Waals surface area contributed by atoms with Crippen molar-refractivity contribution in [2.45, 2.75) is 39.2 Å². The lowest BCUT2D eigenvalue weighted by atomic mass is 9.95. The summed E-state index contributed by atoms with van der Waals surface area (Å²) >= 11 is 0. The summed E-state index contributed by atoms with van der Waals surface area (Å²) < 4.78 is 36.5. The van der Waals surface area contributed by atoms with Gasteiger partial charge in [0.2, 0.25) is 12.5 Å². The summed E-state index contributed by atoms with van der Waals surface area (Å²) in [5, 5.41) is 2.11. The summed E-state index contributed by atoms with van der Waals surface area (Å²) in [4.78, 5) is 11.8. The van der Waals surface area contributed by atoms with E-state index in [4.69, 9.17) is 28.4 Å². The molecule has 0 fully saturated rings. The van der Waals surface area contributed by atoms with Crippen LogP contribution in [0.5, 0.6) is 28.7 Å². The van der Waals surface area contributed by atoms with Gasteiger partial charge in [0.15, 0.2) is 35.7 Å². The van der Waals surface area contributed by atoms with E-state index < -0.39 is 0 Å². The van der Waals surface area contributed by atoms with Gasteiger partial charge >= 0.3 is 5.97 Å². The Bertz CT molecular complexity index is 1580. The van der Waals surface area contributed by atoms with Crippen molar-refractivity contribution >= 4 is 16.7 Å². The number of methoxy groups -OCH3 is 1. The van der Waals surface area contributed by atoms with E-state index in [1.54, 1.807) is 14.0 Å². The minimum Gasteiger partial charge on any atom is -0.494 e. The third kappa shape index (κ3) is 5.73. The van der Waals surface area contributed by atoms with Gasteiger partial charge in [0.05, 0.1) is 44.3 Å². The first-order chi connectivity index (χ1) is 20.1. The molecule has 6 rings (SSSR count). The summed E-state index contributed by atoms with van der Waals surface area (Å²) in [5.74, 6) is 3.60. The highest BCUT2D eigenvalue weighted by Gasteiger charge is 2.28. The van der Waals surface area contributed by atoms with Crippen LogP contribution in [-0.2, 0) is 28.9 Å². The molecule has 41 heavy (non-hydrogen) atoms. The first kappa shape index (κ1) is 26.7. The zero-order chi connectivity index (χ0) is 28.2. The van der Waals surface area contributed by atoms with Crippen LogP contribution in [0.3, 0.4) is 0 Å². The van der Waals surface area contributed by atoms with Crippen LogP contribution in [0, 0.1) is 0 Å². The Labute approximate surface area is 239 Å². The Morgan fingerprint density at radius 3 is 2.63 bits per heavy atom. The third-order valence-electron chi connectivity index (χ3n) is 7.40. The highest BCUT2D eigenvalue weighted by atomic mass is 16.7. The number of esters is 1. The molecule has 212 valence electrons. The molecule has 0 N–H and O–H groups in total. The molecule has 0 saturated heterocycles. The number of rotatable bonds is 11. The number of aromatic nitrogens is 1. The van der Waals surface area contributed by atoms with E-state index in [9.17, 15) is 4.79 Å². The van der Waals surface area contributed by atoms with Gasteiger partial charge in [0.25, 0.3) is 0 Å². The maximum atomic E-state index is 11.8. The van der Waals surface area contributed by atoms with Crippen LogP contribution in [0.15, 0.2) is 60.8 Å². The SMILES string of the molecule is CCOC(=O)Cc1cccc(OCCCCOc2c(OC)ccc3cc4[n+](cc23)CCc2cc3c(cc2-4)OCO3)c1. The molecule has 0 atom stereocenters. The monoisotopic (exact) mass is 556 g/mol. The van der Waals surface area contributed by atoms with E-state index in [-0.39, 0.29) is 19.2 Å². The van der Waals surface area contributed by atoms with Crippen LogP contribution in [0.2, 0.25) is 0 Å². The Morgan fingerprint density at radius 2 is 1.80 bits per heavy atom. The first-order valence-corrected chi connectivity index (χ1v) is 14.1. The molecule has 2 aliphatic rings. The van der Waals surface area contributed by atoms with Gasteiger partial charge in [0.1, 0.15) is 5.75 Å². The second-order valence-corrected chi connectivity index (χ2v) is 10.1. The number of ether oxygens (including phenoxy) is 6. The fraction of sp³-hybridized carbons (Fsp3) is 0.333. The third-order valence-corrected chi connectivity index (χ3v) is 7.40. The van der Waals surface area contributed by atoms with Crippen molar-refractivity contribution in [3.8, 4) is 40.0 Å². The molecule has 3 heterocycles. The van der Waals surface area contributed by atoms with E-state index in [1.807, 2.05) is 30.3 Å². The predicted octanol–water partition coefficient (Wildman–Crippen LogP) is 5.43. The highest BCUT2D eigenvalue weighted by molar-refractivity contribution is 5.91. The number of carbonyl (C=O) groups is 1. The van der Waals surface area contributed by atoms with E-state index in [0.717, 1.165) is 70.8 Å². The summed E-state index contributed by atoms with van der Waals surface area (Å²) in [6.07, 6.45) is 4.97. The number of fused-ring (bicyclic) bond motifs is 5. The molecule has 0 aliphatic carbocycles. The molecule has 0 unspecified atom stereocenters. The summed E-state index contributed by atoms with van der Waals surface area (Å²) in [6.45, 7) is 4.42. The lowest BCUT2D eigenvalue weighted by molar-refractivity contribution is -0.686. The van der Waals surface area contributed by atoms with Gasteiger partial charge in [-0.15, -0.1) is 0 Å². The number of nitrogens with zero attached hydrogens (tertiary/aromatic N) is 1. The molecule has 0 saturated carbocycles. The number of benzene rings is 3. The molecule has 0 amide bonds. The maximum Gasteiger partial charge on any atom is 0.310 e. The Kier molecular flexibility index (Phi) is 7.80. The Balaban J connectivity index is 1.10. The van der Waals surface area contributed by atoms with Crippen molar-refractivity contribution in [2.75, 3.05) is 33.7 Å². The molecule has 0 bridgehead atoms. The largest absolute Gasteiger partial charge is 0.494 e. The van der Waals surface area contributed by atoms with Crippen LogP contribution >= 0.6 is 0 Å². The molecule has 1 aromatic heterocycles. The molecule has 8 heteroatoms. The van der Waals surface area contributed by atoms with Crippen molar-refractivity contribution < 1.29 is 37.8 Å². The van der Waals surface area contributed by atoms with Crippen LogP contribution in [0.1, 0.15) is 30.9 Å². The highest BCUT2D eigenvalue weighted by Crippen LogP contribution is 2.41. The van der Waals surface area contributed by atoms with E-state index in [2.05, 4.69) is 35.0 Å². The summed E-state index contributed by atoms with van der Waals surface area (Å²) in [6, 6.07) is 18.0. The number of carbonyl (C=O) groups excluding carboxylic acids is 1. The molecule has 0 radical (unpaired) electrons. The van der Waals surface area contributed by atoms with E-state index >= 15 is 0 Å². The average Bonchev–Trinajstić information content (AvgIpc) is 3.44. The predicted molar refractivity (Wildman–Crippen MR) is 153 cm³/mol. The number of pyridine rings is 1. The van der Waals surface area contributed by atoms with Crippen LogP contribution in [0.25, 0.3) is 22.0 Å². The molecular weight excluding hydrogens is 522 g/mol. The molecule has 3 aromatic carbocycles. The maximum absolute atomic E-state index is 11.8. The fourth-order valence-corrected chi connectivity index (χ4v) is 5.40. The van der Waals surface area contributed by atoms with Crippen molar-refractivity contribution in [1.29, 1.82) is 0 Å².